The summed E-state index contributed by atoms with van der Waals surface area (Å²) in [6, 6.07) is 7.51. The first kappa shape index (κ1) is 16.6. The van der Waals surface area contributed by atoms with Gasteiger partial charge in [-0.15, -0.1) is 0 Å². The number of hydrogen-bond donors (Lipinski definition) is 0. The van der Waals surface area contributed by atoms with Crippen molar-refractivity contribution in [3.05, 3.63) is 24.3 Å². The highest BCUT2D eigenvalue weighted by Crippen LogP contribution is 2.23. The molecule has 24 heavy (non-hydrogen) atoms. The minimum absolute atomic E-state index is 0.0192. The summed E-state index contributed by atoms with van der Waals surface area (Å²) in [4.78, 5) is 31.7. The molecule has 0 saturated carbocycles. The second-order valence-electron chi connectivity index (χ2n) is 5.30. The van der Waals surface area contributed by atoms with Crippen LogP contribution >= 0.6 is 11.8 Å². The summed E-state index contributed by atoms with van der Waals surface area (Å²) in [5, 5.41) is 0.495. The molecule has 8 heteroatoms. The molecule has 0 unspecified atom stereocenters. The molecule has 7 nitrogen and oxygen atoms in total. The molecular formula is C16H19N3O4S. The third-order valence-corrected chi connectivity index (χ3v) is 4.56. The quantitative estimate of drug-likeness (QED) is 0.788. The average Bonchev–Trinajstić information content (AvgIpc) is 3.03. The normalized spacial score (nSPS) is 14.9. The van der Waals surface area contributed by atoms with Crippen molar-refractivity contribution in [2.24, 2.45) is 0 Å². The van der Waals surface area contributed by atoms with Gasteiger partial charge in [-0.1, -0.05) is 23.9 Å². The van der Waals surface area contributed by atoms with Crippen LogP contribution in [0.5, 0.6) is 0 Å². The number of nitrogens with zero attached hydrogens (tertiary/aromatic N) is 3. The summed E-state index contributed by atoms with van der Waals surface area (Å²) in [7, 11) is 0. The average molecular weight is 349 g/mol. The number of thioether (sulfide) groups is 1. The maximum atomic E-state index is 12.3. The predicted octanol–water partition coefficient (Wildman–Crippen LogP) is 2.22. The molecule has 1 aromatic carbocycles. The number of amides is 2. The fourth-order valence-electron chi connectivity index (χ4n) is 2.48. The van der Waals surface area contributed by atoms with Crippen molar-refractivity contribution in [3.63, 3.8) is 0 Å². The molecule has 1 saturated heterocycles. The molecule has 0 aliphatic carbocycles. The maximum absolute atomic E-state index is 12.3. The molecule has 2 amide bonds. The second kappa shape index (κ2) is 7.57. The van der Waals surface area contributed by atoms with Gasteiger partial charge < -0.3 is 19.0 Å². The van der Waals surface area contributed by atoms with Crippen LogP contribution in [0.15, 0.2) is 33.9 Å². The number of para-hydroxylation sites is 2. The van der Waals surface area contributed by atoms with Gasteiger partial charge in [-0.3, -0.25) is 4.79 Å². The molecule has 2 heterocycles. The van der Waals surface area contributed by atoms with Gasteiger partial charge in [0, 0.05) is 26.2 Å². The van der Waals surface area contributed by atoms with E-state index in [1.807, 2.05) is 24.3 Å². The van der Waals surface area contributed by atoms with Crippen LogP contribution in [0.3, 0.4) is 0 Å². The topological polar surface area (TPSA) is 75.9 Å². The van der Waals surface area contributed by atoms with Crippen molar-refractivity contribution in [3.8, 4) is 0 Å². The number of oxazole rings is 1. The Morgan fingerprint density at radius 3 is 2.62 bits per heavy atom. The number of piperazine rings is 1. The molecule has 0 bridgehead atoms. The van der Waals surface area contributed by atoms with Crippen LogP contribution in [0, 0.1) is 0 Å². The van der Waals surface area contributed by atoms with E-state index >= 15 is 0 Å². The molecule has 0 atom stereocenters. The first-order valence-electron chi connectivity index (χ1n) is 7.85. The number of aromatic nitrogens is 1. The van der Waals surface area contributed by atoms with Gasteiger partial charge >= 0.3 is 6.09 Å². The van der Waals surface area contributed by atoms with Crippen LogP contribution in [-0.4, -0.2) is 65.3 Å². The standard InChI is InChI=1S/C16H19N3O4S/c1-2-22-16(21)19-9-7-18(8-10-19)14(20)11-24-15-17-12-5-3-4-6-13(12)23-15/h3-6H,2,7-11H2,1H3. The molecule has 128 valence electrons. The monoisotopic (exact) mass is 349 g/mol. The Labute approximate surface area is 143 Å². The smallest absolute Gasteiger partial charge is 0.409 e. The van der Waals surface area contributed by atoms with Crippen molar-refractivity contribution in [2.75, 3.05) is 38.5 Å². The zero-order valence-corrected chi connectivity index (χ0v) is 14.3. The van der Waals surface area contributed by atoms with Gasteiger partial charge in [-0.25, -0.2) is 9.78 Å². The summed E-state index contributed by atoms with van der Waals surface area (Å²) >= 11 is 1.29. The van der Waals surface area contributed by atoms with Crippen LogP contribution in [0.1, 0.15) is 6.92 Å². The number of benzene rings is 1. The van der Waals surface area contributed by atoms with E-state index in [2.05, 4.69) is 4.98 Å². The van der Waals surface area contributed by atoms with E-state index in [1.165, 1.54) is 11.8 Å². The van der Waals surface area contributed by atoms with Gasteiger partial charge in [0.2, 0.25) is 5.91 Å². The summed E-state index contributed by atoms with van der Waals surface area (Å²) in [6.07, 6.45) is -0.314. The highest BCUT2D eigenvalue weighted by atomic mass is 32.2. The fourth-order valence-corrected chi connectivity index (χ4v) is 3.22. The highest BCUT2D eigenvalue weighted by molar-refractivity contribution is 7.99. The molecule has 1 aliphatic rings. The van der Waals surface area contributed by atoms with Gasteiger partial charge in [0.05, 0.1) is 12.4 Å². The Morgan fingerprint density at radius 1 is 1.21 bits per heavy atom. The van der Waals surface area contributed by atoms with Crippen molar-refractivity contribution in [2.45, 2.75) is 12.1 Å². The first-order chi connectivity index (χ1) is 11.7. The lowest BCUT2D eigenvalue weighted by Gasteiger charge is -2.33. The largest absolute Gasteiger partial charge is 0.450 e. The lowest BCUT2D eigenvalue weighted by molar-refractivity contribution is -0.129. The summed E-state index contributed by atoms with van der Waals surface area (Å²) < 4.78 is 10.6. The van der Waals surface area contributed by atoms with Crippen LogP contribution in [0.2, 0.25) is 0 Å². The van der Waals surface area contributed by atoms with Crippen LogP contribution in [-0.2, 0) is 9.53 Å². The van der Waals surface area contributed by atoms with Crippen molar-refractivity contribution in [1.29, 1.82) is 0 Å². The molecular weight excluding hydrogens is 330 g/mol. The van der Waals surface area contributed by atoms with E-state index in [0.29, 0.717) is 38.0 Å². The van der Waals surface area contributed by atoms with E-state index in [9.17, 15) is 9.59 Å². The molecule has 1 aromatic heterocycles. The molecule has 0 radical (unpaired) electrons. The van der Waals surface area contributed by atoms with Crippen molar-refractivity contribution < 1.29 is 18.7 Å². The first-order valence-corrected chi connectivity index (χ1v) is 8.84. The van der Waals surface area contributed by atoms with E-state index in [4.69, 9.17) is 9.15 Å². The van der Waals surface area contributed by atoms with E-state index < -0.39 is 0 Å². The zero-order valence-electron chi connectivity index (χ0n) is 13.4. The lowest BCUT2D eigenvalue weighted by Crippen LogP contribution is -2.51. The zero-order chi connectivity index (χ0) is 16.9. The number of rotatable bonds is 4. The Bertz CT molecular complexity index is 692. The molecule has 1 aliphatic heterocycles. The number of carbonyl (C=O) groups excluding carboxylic acids is 2. The molecule has 0 N–H and O–H groups in total. The molecule has 2 aromatic rings. The number of carbonyl (C=O) groups is 2. The third kappa shape index (κ3) is 3.81. The number of hydrogen-bond acceptors (Lipinski definition) is 6. The van der Waals surface area contributed by atoms with E-state index in [1.54, 1.807) is 16.7 Å². The van der Waals surface area contributed by atoms with Crippen LogP contribution in [0.4, 0.5) is 4.79 Å². The minimum Gasteiger partial charge on any atom is -0.450 e. The highest BCUT2D eigenvalue weighted by Gasteiger charge is 2.25. The fraction of sp³-hybridized carbons (Fsp3) is 0.438. The van der Waals surface area contributed by atoms with Crippen molar-refractivity contribution >= 4 is 34.9 Å². The van der Waals surface area contributed by atoms with E-state index in [0.717, 1.165) is 11.1 Å². The van der Waals surface area contributed by atoms with Crippen molar-refractivity contribution in [1.82, 2.24) is 14.8 Å². The van der Waals surface area contributed by atoms with E-state index in [-0.39, 0.29) is 17.8 Å². The SMILES string of the molecule is CCOC(=O)N1CCN(C(=O)CSc2nc3ccccc3o2)CC1. The second-order valence-corrected chi connectivity index (χ2v) is 6.23. The Hall–Kier alpha value is -2.22. The van der Waals surface area contributed by atoms with Crippen LogP contribution in [0.25, 0.3) is 11.1 Å². The summed E-state index contributed by atoms with van der Waals surface area (Å²) in [5.74, 6) is 0.289. The van der Waals surface area contributed by atoms with Gasteiger partial charge in [0.25, 0.3) is 5.22 Å². The lowest BCUT2D eigenvalue weighted by atomic mass is 10.3. The predicted molar refractivity (Wildman–Crippen MR) is 89.9 cm³/mol. The Kier molecular flexibility index (Phi) is 5.24. The molecule has 1 fully saturated rings. The van der Waals surface area contributed by atoms with Gasteiger partial charge in [0.1, 0.15) is 5.52 Å². The van der Waals surface area contributed by atoms with Crippen LogP contribution < -0.4 is 0 Å². The Morgan fingerprint density at radius 2 is 1.92 bits per heavy atom. The molecule has 0 spiro atoms. The maximum Gasteiger partial charge on any atom is 0.409 e. The summed E-state index contributed by atoms with van der Waals surface area (Å²) in [5.41, 5.74) is 1.51. The van der Waals surface area contributed by atoms with Gasteiger partial charge in [0.15, 0.2) is 5.58 Å². The third-order valence-electron chi connectivity index (χ3n) is 3.75. The number of fused-ring (bicyclic) bond motifs is 1. The number of ether oxygens (including phenoxy) is 1. The molecule has 3 rings (SSSR count). The van der Waals surface area contributed by atoms with Gasteiger partial charge in [-0.2, -0.15) is 0 Å². The minimum atomic E-state index is -0.314. The van der Waals surface area contributed by atoms with Gasteiger partial charge in [-0.05, 0) is 19.1 Å². The Balaban J connectivity index is 1.48. The summed E-state index contributed by atoms with van der Waals surface area (Å²) in [6.45, 7) is 4.17.